The van der Waals surface area contributed by atoms with Crippen molar-refractivity contribution in [2.75, 3.05) is 13.1 Å². The summed E-state index contributed by atoms with van der Waals surface area (Å²) >= 11 is 0. The van der Waals surface area contributed by atoms with Crippen LogP contribution in [0.25, 0.3) is 10.8 Å². The molecule has 0 spiro atoms. The van der Waals surface area contributed by atoms with E-state index in [2.05, 4.69) is 37.8 Å². The van der Waals surface area contributed by atoms with Crippen molar-refractivity contribution < 1.29 is 5.11 Å². The fourth-order valence-corrected chi connectivity index (χ4v) is 3.60. The molecule has 2 aromatic rings. The summed E-state index contributed by atoms with van der Waals surface area (Å²) in [5.74, 6) is 0.448. The summed E-state index contributed by atoms with van der Waals surface area (Å²) in [4.78, 5) is 2.51. The van der Waals surface area contributed by atoms with Crippen LogP contribution in [0.2, 0.25) is 0 Å². The van der Waals surface area contributed by atoms with E-state index in [4.69, 9.17) is 0 Å². The van der Waals surface area contributed by atoms with Gasteiger partial charge in [0.05, 0.1) is 0 Å². The Bertz CT molecular complexity index is 647. The van der Waals surface area contributed by atoms with Gasteiger partial charge < -0.3 is 5.11 Å². The summed E-state index contributed by atoms with van der Waals surface area (Å²) in [5, 5.41) is 12.7. The number of rotatable bonds is 2. The highest BCUT2D eigenvalue weighted by Crippen LogP contribution is 2.38. The van der Waals surface area contributed by atoms with Gasteiger partial charge in [-0.2, -0.15) is 0 Å². The lowest BCUT2D eigenvalue weighted by Crippen LogP contribution is -2.41. The normalized spacial score (nSPS) is 20.5. The fraction of sp³-hybridized carbons (Fsp3) is 0.474. The molecule has 3 rings (SSSR count). The van der Waals surface area contributed by atoms with Gasteiger partial charge in [0.1, 0.15) is 5.75 Å². The van der Waals surface area contributed by atoms with Crippen molar-refractivity contribution in [2.45, 2.75) is 39.7 Å². The van der Waals surface area contributed by atoms with Gasteiger partial charge in [-0.1, -0.05) is 50.2 Å². The van der Waals surface area contributed by atoms with E-state index < -0.39 is 0 Å². The number of nitrogens with zero attached hydrogens (tertiary/aromatic N) is 1. The van der Waals surface area contributed by atoms with Gasteiger partial charge in [-0.25, -0.2) is 0 Å². The predicted molar refractivity (Wildman–Crippen MR) is 88.6 cm³/mol. The molecule has 0 saturated carbocycles. The molecule has 0 aromatic heterocycles. The van der Waals surface area contributed by atoms with Crippen LogP contribution in [0, 0.1) is 5.41 Å². The first-order valence-corrected chi connectivity index (χ1v) is 7.93. The van der Waals surface area contributed by atoms with E-state index in [0.717, 1.165) is 29.4 Å². The molecule has 0 bridgehead atoms. The predicted octanol–water partition coefficient (Wildman–Crippen LogP) is 4.73. The zero-order valence-corrected chi connectivity index (χ0v) is 13.3. The van der Waals surface area contributed by atoms with Crippen molar-refractivity contribution in [3.8, 4) is 5.75 Å². The molecule has 112 valence electrons. The number of phenolic OH excluding ortho intramolecular Hbond substituents is 1. The molecule has 1 heterocycles. The van der Waals surface area contributed by atoms with Gasteiger partial charge in [0.15, 0.2) is 0 Å². The smallest absolute Gasteiger partial charge is 0.128 e. The van der Waals surface area contributed by atoms with Gasteiger partial charge in [0.2, 0.25) is 0 Å². The van der Waals surface area contributed by atoms with E-state index in [-0.39, 0.29) is 6.04 Å². The maximum absolute atomic E-state index is 10.7. The molecule has 1 unspecified atom stereocenters. The van der Waals surface area contributed by atoms with E-state index in [1.807, 2.05) is 24.3 Å². The average Bonchev–Trinajstić information content (AvgIpc) is 2.46. The summed E-state index contributed by atoms with van der Waals surface area (Å²) in [6.07, 6.45) is 2.53. The Hall–Kier alpha value is -1.54. The second-order valence-electron chi connectivity index (χ2n) is 7.14. The summed E-state index contributed by atoms with van der Waals surface area (Å²) in [6.45, 7) is 9.11. The van der Waals surface area contributed by atoms with Crippen molar-refractivity contribution in [1.82, 2.24) is 4.90 Å². The average molecular weight is 283 g/mol. The Morgan fingerprint density at radius 2 is 1.90 bits per heavy atom. The minimum absolute atomic E-state index is 0.259. The molecule has 2 aromatic carbocycles. The first-order valence-electron chi connectivity index (χ1n) is 7.93. The minimum Gasteiger partial charge on any atom is -0.507 e. The fourth-order valence-electron chi connectivity index (χ4n) is 3.60. The van der Waals surface area contributed by atoms with E-state index in [1.54, 1.807) is 0 Å². The lowest BCUT2D eigenvalue weighted by molar-refractivity contribution is 0.0837. The Labute approximate surface area is 127 Å². The molecular formula is C19H25NO. The summed E-state index contributed by atoms with van der Waals surface area (Å²) in [5.41, 5.74) is 1.42. The van der Waals surface area contributed by atoms with Crippen LogP contribution in [0.5, 0.6) is 5.75 Å². The van der Waals surface area contributed by atoms with Crippen LogP contribution in [-0.4, -0.2) is 23.1 Å². The molecule has 1 aliphatic rings. The van der Waals surface area contributed by atoms with E-state index in [0.29, 0.717) is 11.2 Å². The lowest BCUT2D eigenvalue weighted by Gasteiger charge is -2.41. The molecule has 0 radical (unpaired) electrons. The highest BCUT2D eigenvalue weighted by Gasteiger charge is 2.30. The number of piperidine rings is 1. The number of hydrogen-bond donors (Lipinski definition) is 1. The molecule has 1 N–H and O–H groups in total. The zero-order chi connectivity index (χ0) is 15.0. The van der Waals surface area contributed by atoms with Crippen LogP contribution < -0.4 is 0 Å². The van der Waals surface area contributed by atoms with Crippen molar-refractivity contribution in [3.63, 3.8) is 0 Å². The SMILES string of the molecule is CC(c1ccc2ccccc2c1O)N1CCCC(C)(C)C1. The second-order valence-corrected chi connectivity index (χ2v) is 7.14. The van der Waals surface area contributed by atoms with Gasteiger partial charge >= 0.3 is 0 Å². The molecule has 21 heavy (non-hydrogen) atoms. The number of benzene rings is 2. The molecule has 1 aliphatic heterocycles. The first kappa shape index (κ1) is 14.4. The summed E-state index contributed by atoms with van der Waals surface area (Å²) in [7, 11) is 0. The van der Waals surface area contributed by atoms with Crippen molar-refractivity contribution in [1.29, 1.82) is 0 Å². The van der Waals surface area contributed by atoms with Crippen LogP contribution in [-0.2, 0) is 0 Å². The number of aromatic hydroxyl groups is 1. The van der Waals surface area contributed by atoms with E-state index in [9.17, 15) is 5.11 Å². The Morgan fingerprint density at radius 3 is 2.67 bits per heavy atom. The van der Waals surface area contributed by atoms with Gasteiger partial charge in [0.25, 0.3) is 0 Å². The molecule has 1 fully saturated rings. The van der Waals surface area contributed by atoms with Crippen LogP contribution in [0.4, 0.5) is 0 Å². The van der Waals surface area contributed by atoms with Crippen LogP contribution in [0.3, 0.4) is 0 Å². The second kappa shape index (κ2) is 5.34. The van der Waals surface area contributed by atoms with Crippen LogP contribution in [0.15, 0.2) is 36.4 Å². The quantitative estimate of drug-likeness (QED) is 0.861. The maximum Gasteiger partial charge on any atom is 0.128 e. The third-order valence-corrected chi connectivity index (χ3v) is 4.86. The minimum atomic E-state index is 0.259. The van der Waals surface area contributed by atoms with Crippen LogP contribution >= 0.6 is 0 Å². The molecule has 0 aliphatic carbocycles. The highest BCUT2D eigenvalue weighted by atomic mass is 16.3. The Balaban J connectivity index is 1.94. The monoisotopic (exact) mass is 283 g/mol. The van der Waals surface area contributed by atoms with Crippen molar-refractivity contribution in [2.24, 2.45) is 5.41 Å². The molecule has 0 amide bonds. The summed E-state index contributed by atoms with van der Waals surface area (Å²) in [6, 6.07) is 12.5. The highest BCUT2D eigenvalue weighted by molar-refractivity contribution is 5.89. The van der Waals surface area contributed by atoms with Crippen LogP contribution in [0.1, 0.15) is 45.2 Å². The molecular weight excluding hydrogens is 258 g/mol. The van der Waals surface area contributed by atoms with E-state index in [1.165, 1.54) is 12.8 Å². The Kier molecular flexibility index (Phi) is 3.66. The number of fused-ring (bicyclic) bond motifs is 1. The first-order chi connectivity index (χ1) is 9.98. The topological polar surface area (TPSA) is 23.5 Å². The Morgan fingerprint density at radius 1 is 1.14 bits per heavy atom. The number of phenols is 1. The van der Waals surface area contributed by atoms with Gasteiger partial charge in [0, 0.05) is 23.5 Å². The molecule has 2 heteroatoms. The largest absolute Gasteiger partial charge is 0.507 e. The van der Waals surface area contributed by atoms with Gasteiger partial charge in [-0.05, 0) is 37.1 Å². The molecule has 1 atom stereocenters. The lowest BCUT2D eigenvalue weighted by atomic mass is 9.83. The zero-order valence-electron chi connectivity index (χ0n) is 13.3. The van der Waals surface area contributed by atoms with E-state index >= 15 is 0 Å². The third-order valence-electron chi connectivity index (χ3n) is 4.86. The number of likely N-dealkylation sites (tertiary alicyclic amines) is 1. The summed E-state index contributed by atoms with van der Waals surface area (Å²) < 4.78 is 0. The molecule has 1 saturated heterocycles. The van der Waals surface area contributed by atoms with Crippen molar-refractivity contribution in [3.05, 3.63) is 42.0 Å². The third kappa shape index (κ3) is 2.77. The molecule has 2 nitrogen and oxygen atoms in total. The van der Waals surface area contributed by atoms with Gasteiger partial charge in [-0.3, -0.25) is 4.90 Å². The number of hydrogen-bond acceptors (Lipinski definition) is 2. The van der Waals surface area contributed by atoms with Crippen molar-refractivity contribution >= 4 is 10.8 Å². The standard InChI is InChI=1S/C19H25NO/c1-14(20-12-6-11-19(2,3)13-20)16-10-9-15-7-4-5-8-17(15)18(16)21/h4-5,7-10,14,21H,6,11-13H2,1-3H3. The maximum atomic E-state index is 10.7. The van der Waals surface area contributed by atoms with Gasteiger partial charge in [-0.15, -0.1) is 0 Å².